The van der Waals surface area contributed by atoms with Crippen molar-refractivity contribution >= 4 is 12.0 Å². The van der Waals surface area contributed by atoms with Crippen LogP contribution in [0.3, 0.4) is 0 Å². The van der Waals surface area contributed by atoms with Crippen LogP contribution in [0.4, 0.5) is 9.18 Å². The summed E-state index contributed by atoms with van der Waals surface area (Å²) in [5.41, 5.74) is 1.30. The summed E-state index contributed by atoms with van der Waals surface area (Å²) in [6, 6.07) is 3.88. The third kappa shape index (κ3) is 4.95. The van der Waals surface area contributed by atoms with Gasteiger partial charge in [-0.05, 0) is 31.0 Å². The molecule has 0 aromatic heterocycles. The number of benzene rings is 1. The highest BCUT2D eigenvalue weighted by Gasteiger charge is 2.10. The molecule has 0 radical (unpaired) electrons. The summed E-state index contributed by atoms with van der Waals surface area (Å²) in [5.74, 6) is -1.26. The molecule has 6 heteroatoms. The van der Waals surface area contributed by atoms with Crippen molar-refractivity contribution in [2.45, 2.75) is 26.3 Å². The predicted molar refractivity (Wildman–Crippen MR) is 68.3 cm³/mol. The van der Waals surface area contributed by atoms with E-state index in [1.807, 2.05) is 0 Å². The highest BCUT2D eigenvalue weighted by Crippen LogP contribution is 2.16. The molecule has 104 valence electrons. The number of carboxylic acid groups (broad SMARTS) is 1. The van der Waals surface area contributed by atoms with Crippen molar-refractivity contribution in [3.05, 3.63) is 35.1 Å². The molecule has 5 nitrogen and oxygen atoms in total. The number of nitrogens with one attached hydrogen (secondary N) is 2. The van der Waals surface area contributed by atoms with Crippen LogP contribution in [0.2, 0.25) is 0 Å². The van der Waals surface area contributed by atoms with Crippen molar-refractivity contribution in [3.63, 3.8) is 0 Å². The van der Waals surface area contributed by atoms with Crippen molar-refractivity contribution in [2.24, 2.45) is 0 Å². The number of carbonyl (C=O) groups excluding carboxylic acids is 1. The highest BCUT2D eigenvalue weighted by molar-refractivity contribution is 5.75. The Morgan fingerprint density at radius 2 is 2.11 bits per heavy atom. The van der Waals surface area contributed by atoms with E-state index >= 15 is 0 Å². The molecule has 3 N–H and O–H groups in total. The number of urea groups is 1. The number of rotatable bonds is 5. The molecule has 0 aliphatic rings. The number of hydrogen-bond donors (Lipinski definition) is 3. The van der Waals surface area contributed by atoms with Gasteiger partial charge in [0.25, 0.3) is 0 Å². The van der Waals surface area contributed by atoms with Gasteiger partial charge in [-0.3, -0.25) is 4.79 Å². The van der Waals surface area contributed by atoms with E-state index < -0.39 is 12.0 Å². The summed E-state index contributed by atoms with van der Waals surface area (Å²) in [5, 5.41) is 13.5. The van der Waals surface area contributed by atoms with Crippen LogP contribution in [-0.2, 0) is 4.79 Å². The van der Waals surface area contributed by atoms with Crippen molar-refractivity contribution in [1.82, 2.24) is 10.6 Å². The van der Waals surface area contributed by atoms with Crippen LogP contribution in [-0.4, -0.2) is 23.7 Å². The summed E-state index contributed by atoms with van der Waals surface area (Å²) in [6.07, 6.45) is -0.128. The lowest BCUT2D eigenvalue weighted by Crippen LogP contribution is -2.38. The number of carbonyl (C=O) groups is 2. The Morgan fingerprint density at radius 1 is 1.42 bits per heavy atom. The zero-order valence-corrected chi connectivity index (χ0v) is 10.9. The maximum absolute atomic E-state index is 13.1. The van der Waals surface area contributed by atoms with Crippen molar-refractivity contribution in [1.29, 1.82) is 0 Å². The summed E-state index contributed by atoms with van der Waals surface area (Å²) >= 11 is 0. The van der Waals surface area contributed by atoms with E-state index in [-0.39, 0.29) is 24.8 Å². The lowest BCUT2D eigenvalue weighted by molar-refractivity contribution is -0.136. The Labute approximate surface area is 110 Å². The lowest BCUT2D eigenvalue weighted by atomic mass is 10.1. The topological polar surface area (TPSA) is 78.4 Å². The normalized spacial score (nSPS) is 11.7. The summed E-state index contributed by atoms with van der Waals surface area (Å²) in [4.78, 5) is 21.8. The van der Waals surface area contributed by atoms with Crippen molar-refractivity contribution in [2.75, 3.05) is 6.54 Å². The number of amides is 2. The molecular formula is C13H17FN2O3. The zero-order chi connectivity index (χ0) is 14.4. The lowest BCUT2D eigenvalue weighted by Gasteiger charge is -2.15. The first-order valence-corrected chi connectivity index (χ1v) is 5.92. The molecule has 0 saturated carbocycles. The molecule has 1 aromatic carbocycles. The smallest absolute Gasteiger partial charge is 0.315 e. The summed E-state index contributed by atoms with van der Waals surface area (Å²) in [7, 11) is 0. The highest BCUT2D eigenvalue weighted by atomic mass is 19.1. The van der Waals surface area contributed by atoms with Gasteiger partial charge in [0.15, 0.2) is 0 Å². The van der Waals surface area contributed by atoms with Crippen molar-refractivity contribution < 1.29 is 19.1 Å². The SMILES string of the molecule is Cc1cc(C(C)NC(=O)NCCC(=O)O)ccc1F. The van der Waals surface area contributed by atoms with Gasteiger partial charge in [-0.15, -0.1) is 0 Å². The third-order valence-corrected chi connectivity index (χ3v) is 2.65. The average molecular weight is 268 g/mol. The zero-order valence-electron chi connectivity index (χ0n) is 10.9. The Kier molecular flexibility index (Phi) is 5.29. The molecular weight excluding hydrogens is 251 g/mol. The predicted octanol–water partition coefficient (Wildman–Crippen LogP) is 1.97. The Morgan fingerprint density at radius 3 is 2.68 bits per heavy atom. The van der Waals surface area contributed by atoms with Crippen LogP contribution in [0, 0.1) is 12.7 Å². The van der Waals surface area contributed by atoms with Crippen LogP contribution in [0.5, 0.6) is 0 Å². The van der Waals surface area contributed by atoms with E-state index in [1.54, 1.807) is 26.0 Å². The number of carboxylic acids is 1. The molecule has 1 aromatic rings. The second kappa shape index (κ2) is 6.72. The molecule has 0 spiro atoms. The molecule has 0 bridgehead atoms. The van der Waals surface area contributed by atoms with E-state index in [1.165, 1.54) is 6.07 Å². The Bertz CT molecular complexity index is 477. The van der Waals surface area contributed by atoms with Crippen LogP contribution >= 0.6 is 0 Å². The second-order valence-electron chi connectivity index (χ2n) is 4.27. The number of halogens is 1. The van der Waals surface area contributed by atoms with Gasteiger partial charge >= 0.3 is 12.0 Å². The van der Waals surface area contributed by atoms with Gasteiger partial charge < -0.3 is 15.7 Å². The maximum atomic E-state index is 13.1. The van der Waals surface area contributed by atoms with Crippen LogP contribution in [0.15, 0.2) is 18.2 Å². The third-order valence-electron chi connectivity index (χ3n) is 2.65. The molecule has 19 heavy (non-hydrogen) atoms. The minimum Gasteiger partial charge on any atom is -0.481 e. The first-order valence-electron chi connectivity index (χ1n) is 5.92. The minimum absolute atomic E-state index is 0.0658. The van der Waals surface area contributed by atoms with Gasteiger partial charge in [-0.1, -0.05) is 12.1 Å². The Balaban J connectivity index is 2.49. The first kappa shape index (κ1) is 14.9. The monoisotopic (exact) mass is 268 g/mol. The first-order chi connectivity index (χ1) is 8.90. The van der Waals surface area contributed by atoms with Crippen LogP contribution in [0.1, 0.15) is 30.5 Å². The van der Waals surface area contributed by atoms with Crippen LogP contribution in [0.25, 0.3) is 0 Å². The fourth-order valence-electron chi connectivity index (χ4n) is 1.55. The van der Waals surface area contributed by atoms with Crippen molar-refractivity contribution in [3.8, 4) is 0 Å². The molecule has 0 fully saturated rings. The van der Waals surface area contributed by atoms with Gasteiger partial charge in [0, 0.05) is 6.54 Å². The molecule has 0 heterocycles. The fourth-order valence-corrected chi connectivity index (χ4v) is 1.55. The van der Waals surface area contributed by atoms with E-state index in [0.717, 1.165) is 5.56 Å². The number of hydrogen-bond acceptors (Lipinski definition) is 2. The standard InChI is InChI=1S/C13H17FN2O3/c1-8-7-10(3-4-11(8)14)9(2)16-13(19)15-6-5-12(17)18/h3-4,7,9H,5-6H2,1-2H3,(H,17,18)(H2,15,16,19). The van der Waals surface area contributed by atoms with E-state index in [0.29, 0.717) is 5.56 Å². The maximum Gasteiger partial charge on any atom is 0.315 e. The molecule has 0 saturated heterocycles. The van der Waals surface area contributed by atoms with E-state index in [9.17, 15) is 14.0 Å². The van der Waals surface area contributed by atoms with Gasteiger partial charge in [-0.25, -0.2) is 9.18 Å². The molecule has 1 rings (SSSR count). The van der Waals surface area contributed by atoms with E-state index in [4.69, 9.17) is 5.11 Å². The number of aliphatic carboxylic acids is 1. The molecule has 1 unspecified atom stereocenters. The van der Waals surface area contributed by atoms with Gasteiger partial charge in [-0.2, -0.15) is 0 Å². The van der Waals surface area contributed by atoms with Crippen LogP contribution < -0.4 is 10.6 Å². The van der Waals surface area contributed by atoms with E-state index in [2.05, 4.69) is 10.6 Å². The largest absolute Gasteiger partial charge is 0.481 e. The van der Waals surface area contributed by atoms with Gasteiger partial charge in [0.1, 0.15) is 5.82 Å². The second-order valence-corrected chi connectivity index (χ2v) is 4.27. The molecule has 2 amide bonds. The summed E-state index contributed by atoms with van der Waals surface area (Å²) in [6.45, 7) is 3.48. The van der Waals surface area contributed by atoms with Gasteiger partial charge in [0.05, 0.1) is 12.5 Å². The minimum atomic E-state index is -0.970. The molecule has 0 aliphatic carbocycles. The average Bonchev–Trinajstić information content (AvgIpc) is 2.32. The molecule has 0 aliphatic heterocycles. The Hall–Kier alpha value is -2.11. The summed E-state index contributed by atoms with van der Waals surface area (Å²) < 4.78 is 13.1. The van der Waals surface area contributed by atoms with Gasteiger partial charge in [0.2, 0.25) is 0 Å². The number of aryl methyl sites for hydroxylation is 1. The fraction of sp³-hybridized carbons (Fsp3) is 0.385. The quantitative estimate of drug-likeness (QED) is 0.764. The molecule has 1 atom stereocenters.